The van der Waals surface area contributed by atoms with Gasteiger partial charge in [0.15, 0.2) is 22.8 Å². The number of nitrogens with zero attached hydrogens (tertiary/aromatic N) is 4. The molecule has 0 saturated carbocycles. The number of hydrogen-bond donors (Lipinski definition) is 2. The van der Waals surface area contributed by atoms with Crippen molar-refractivity contribution >= 4 is 17.0 Å². The summed E-state index contributed by atoms with van der Waals surface area (Å²) in [5.74, 6) is 0.729. The van der Waals surface area contributed by atoms with E-state index in [-0.39, 0.29) is 5.82 Å². The summed E-state index contributed by atoms with van der Waals surface area (Å²) in [6, 6.07) is 9.48. The summed E-state index contributed by atoms with van der Waals surface area (Å²) in [6.45, 7) is 0. The number of anilines is 1. The second kappa shape index (κ2) is 4.34. The molecule has 1 aromatic carbocycles. The summed E-state index contributed by atoms with van der Waals surface area (Å²) >= 11 is 0. The second-order valence-electron chi connectivity index (χ2n) is 3.60. The van der Waals surface area contributed by atoms with E-state index < -0.39 is 0 Å². The van der Waals surface area contributed by atoms with E-state index in [1.54, 1.807) is 6.20 Å². The number of fused-ring (bicyclic) bond motifs is 1. The van der Waals surface area contributed by atoms with Gasteiger partial charge in [-0.1, -0.05) is 30.3 Å². The standard InChI is InChI=1S/C12H9N5O/c18-17-12-9-11(14-7-6-13-9)15-10(16-12)8-4-2-1-3-5-8/h1-7,18H,(H,14,15,16,17). The van der Waals surface area contributed by atoms with Crippen LogP contribution in [0.15, 0.2) is 42.7 Å². The van der Waals surface area contributed by atoms with Crippen LogP contribution in [0.1, 0.15) is 0 Å². The van der Waals surface area contributed by atoms with E-state index in [9.17, 15) is 0 Å². The van der Waals surface area contributed by atoms with Crippen molar-refractivity contribution in [2.75, 3.05) is 5.48 Å². The number of rotatable bonds is 2. The third kappa shape index (κ3) is 1.74. The molecule has 2 N–H and O–H groups in total. The number of aromatic nitrogens is 4. The molecule has 0 fully saturated rings. The Kier molecular flexibility index (Phi) is 2.54. The van der Waals surface area contributed by atoms with E-state index in [0.717, 1.165) is 5.56 Å². The molecule has 2 aromatic heterocycles. The Hall–Kier alpha value is -2.60. The smallest absolute Gasteiger partial charge is 0.184 e. The van der Waals surface area contributed by atoms with Crippen LogP contribution in [0.5, 0.6) is 0 Å². The van der Waals surface area contributed by atoms with E-state index >= 15 is 0 Å². The monoisotopic (exact) mass is 239 g/mol. The minimum absolute atomic E-state index is 0.243. The maximum Gasteiger partial charge on any atom is 0.184 e. The first kappa shape index (κ1) is 10.5. The molecule has 0 unspecified atom stereocenters. The van der Waals surface area contributed by atoms with Crippen LogP contribution in [0.25, 0.3) is 22.6 Å². The molecule has 0 atom stereocenters. The SMILES string of the molecule is ONc1nc(-c2ccccc2)nc2nccnc12. The van der Waals surface area contributed by atoms with Crippen molar-refractivity contribution in [3.63, 3.8) is 0 Å². The molecule has 0 aliphatic carbocycles. The highest BCUT2D eigenvalue weighted by Crippen LogP contribution is 2.21. The maximum absolute atomic E-state index is 9.10. The summed E-state index contributed by atoms with van der Waals surface area (Å²) in [6.07, 6.45) is 3.07. The number of benzene rings is 1. The molecule has 3 aromatic rings. The van der Waals surface area contributed by atoms with Gasteiger partial charge in [0, 0.05) is 18.0 Å². The molecule has 0 spiro atoms. The Morgan fingerprint density at radius 3 is 2.50 bits per heavy atom. The van der Waals surface area contributed by atoms with Crippen LogP contribution in [0.3, 0.4) is 0 Å². The summed E-state index contributed by atoms with van der Waals surface area (Å²) in [5.41, 5.74) is 3.74. The Balaban J connectivity index is 2.26. The van der Waals surface area contributed by atoms with Gasteiger partial charge in [0.2, 0.25) is 0 Å². The number of nitrogens with one attached hydrogen (secondary N) is 1. The Morgan fingerprint density at radius 2 is 1.72 bits per heavy atom. The largest absolute Gasteiger partial charge is 0.290 e. The van der Waals surface area contributed by atoms with Crippen LogP contribution in [-0.2, 0) is 0 Å². The first-order valence-corrected chi connectivity index (χ1v) is 5.33. The highest BCUT2D eigenvalue weighted by molar-refractivity contribution is 5.83. The minimum Gasteiger partial charge on any atom is -0.290 e. The fourth-order valence-corrected chi connectivity index (χ4v) is 1.66. The quantitative estimate of drug-likeness (QED) is 0.664. The average molecular weight is 239 g/mol. The zero-order valence-electron chi connectivity index (χ0n) is 9.28. The van der Waals surface area contributed by atoms with E-state index in [4.69, 9.17) is 5.21 Å². The molecule has 0 aliphatic rings. The van der Waals surface area contributed by atoms with Crippen LogP contribution in [0, 0.1) is 0 Å². The van der Waals surface area contributed by atoms with Gasteiger partial charge in [-0.25, -0.2) is 19.9 Å². The summed E-state index contributed by atoms with van der Waals surface area (Å²) in [5, 5.41) is 9.10. The topological polar surface area (TPSA) is 83.8 Å². The summed E-state index contributed by atoms with van der Waals surface area (Å²) in [4.78, 5) is 16.7. The summed E-state index contributed by atoms with van der Waals surface area (Å²) < 4.78 is 0. The fraction of sp³-hybridized carbons (Fsp3) is 0. The van der Waals surface area contributed by atoms with Gasteiger partial charge in [0.1, 0.15) is 0 Å². The first-order chi connectivity index (χ1) is 8.88. The van der Waals surface area contributed by atoms with Crippen molar-refractivity contribution in [1.82, 2.24) is 19.9 Å². The molecule has 6 heteroatoms. The third-order valence-corrected chi connectivity index (χ3v) is 2.47. The highest BCUT2D eigenvalue weighted by Gasteiger charge is 2.10. The zero-order valence-corrected chi connectivity index (χ0v) is 9.28. The predicted octanol–water partition coefficient (Wildman–Crippen LogP) is 1.89. The normalized spacial score (nSPS) is 10.5. The van der Waals surface area contributed by atoms with Crippen LogP contribution < -0.4 is 5.48 Å². The fourth-order valence-electron chi connectivity index (χ4n) is 1.66. The van der Waals surface area contributed by atoms with Crippen LogP contribution >= 0.6 is 0 Å². The van der Waals surface area contributed by atoms with Crippen LogP contribution in [0.2, 0.25) is 0 Å². The molecule has 0 saturated heterocycles. The van der Waals surface area contributed by atoms with Gasteiger partial charge in [-0.2, -0.15) is 0 Å². The lowest BCUT2D eigenvalue weighted by Crippen LogP contribution is -2.01. The zero-order chi connectivity index (χ0) is 12.4. The predicted molar refractivity (Wildman–Crippen MR) is 66.0 cm³/mol. The average Bonchev–Trinajstić information content (AvgIpc) is 2.47. The molecular formula is C12H9N5O. The third-order valence-electron chi connectivity index (χ3n) is 2.47. The first-order valence-electron chi connectivity index (χ1n) is 5.33. The molecular weight excluding hydrogens is 230 g/mol. The van der Waals surface area contributed by atoms with Crippen molar-refractivity contribution in [1.29, 1.82) is 0 Å². The molecule has 88 valence electrons. The molecule has 0 bridgehead atoms. The van der Waals surface area contributed by atoms with Gasteiger partial charge in [0.05, 0.1) is 0 Å². The van der Waals surface area contributed by atoms with Gasteiger partial charge in [0.25, 0.3) is 0 Å². The van der Waals surface area contributed by atoms with Crippen molar-refractivity contribution in [3.8, 4) is 11.4 Å². The van der Waals surface area contributed by atoms with Crippen molar-refractivity contribution in [2.45, 2.75) is 0 Å². The Bertz CT molecular complexity index is 686. The Labute approximate surface area is 102 Å². The van der Waals surface area contributed by atoms with E-state index in [1.807, 2.05) is 35.8 Å². The molecule has 2 heterocycles. The van der Waals surface area contributed by atoms with E-state index in [1.165, 1.54) is 6.20 Å². The number of hydrogen-bond acceptors (Lipinski definition) is 6. The Morgan fingerprint density at radius 1 is 0.944 bits per heavy atom. The molecule has 18 heavy (non-hydrogen) atoms. The highest BCUT2D eigenvalue weighted by atomic mass is 16.5. The lowest BCUT2D eigenvalue weighted by molar-refractivity contribution is 0.386. The van der Waals surface area contributed by atoms with Crippen molar-refractivity contribution in [2.24, 2.45) is 0 Å². The van der Waals surface area contributed by atoms with E-state index in [0.29, 0.717) is 17.0 Å². The molecule has 0 radical (unpaired) electrons. The van der Waals surface area contributed by atoms with Gasteiger partial charge in [-0.15, -0.1) is 0 Å². The summed E-state index contributed by atoms with van der Waals surface area (Å²) in [7, 11) is 0. The molecule has 0 amide bonds. The van der Waals surface area contributed by atoms with Gasteiger partial charge in [-0.05, 0) is 0 Å². The lowest BCUT2D eigenvalue weighted by atomic mass is 10.2. The van der Waals surface area contributed by atoms with Gasteiger partial charge >= 0.3 is 0 Å². The minimum atomic E-state index is 0.243. The van der Waals surface area contributed by atoms with Gasteiger partial charge in [-0.3, -0.25) is 10.7 Å². The van der Waals surface area contributed by atoms with Crippen molar-refractivity contribution < 1.29 is 5.21 Å². The molecule has 0 aliphatic heterocycles. The van der Waals surface area contributed by atoms with Crippen LogP contribution in [0.4, 0.5) is 5.82 Å². The van der Waals surface area contributed by atoms with E-state index in [2.05, 4.69) is 19.9 Å². The lowest BCUT2D eigenvalue weighted by Gasteiger charge is -2.05. The van der Waals surface area contributed by atoms with Gasteiger partial charge < -0.3 is 0 Å². The second-order valence-corrected chi connectivity index (χ2v) is 3.60. The molecule has 6 nitrogen and oxygen atoms in total. The molecule has 3 rings (SSSR count). The van der Waals surface area contributed by atoms with Crippen molar-refractivity contribution in [3.05, 3.63) is 42.7 Å². The maximum atomic E-state index is 9.10. The van der Waals surface area contributed by atoms with Crippen LogP contribution in [-0.4, -0.2) is 25.1 Å².